The van der Waals surface area contributed by atoms with Crippen molar-refractivity contribution in [3.05, 3.63) is 7.11 Å². The molecule has 5 heteroatoms. The molecule has 0 aliphatic heterocycles. The van der Waals surface area contributed by atoms with E-state index in [1.807, 2.05) is 0 Å². The van der Waals surface area contributed by atoms with Gasteiger partial charge in [-0.25, -0.2) is 4.79 Å². The summed E-state index contributed by atoms with van der Waals surface area (Å²) in [6, 6.07) is 0. The van der Waals surface area contributed by atoms with Crippen LogP contribution in [0, 0.1) is 7.11 Å². The van der Waals surface area contributed by atoms with Crippen molar-refractivity contribution in [1.29, 1.82) is 0 Å². The van der Waals surface area contributed by atoms with Gasteiger partial charge in [0, 0.05) is 65.4 Å². The molecule has 0 saturated carbocycles. The Labute approximate surface area is 105 Å². The van der Waals surface area contributed by atoms with Gasteiger partial charge in [0.15, 0.2) is 0 Å². The van der Waals surface area contributed by atoms with Gasteiger partial charge < -0.3 is 9.47 Å². The summed E-state index contributed by atoms with van der Waals surface area (Å²) in [5.74, 6) is 0. The minimum atomic E-state index is -0.734. The number of rotatable bonds is 1. The largest absolute Gasteiger partial charge is 0.609 e. The number of carbonyl (C=O) groups is 1. The topological polar surface area (TPSA) is 35.5 Å². The number of hydrogen-bond acceptors (Lipinski definition) is 3. The second-order valence-corrected chi connectivity index (χ2v) is 0.827. The Balaban J connectivity index is -0.000000180. The van der Waals surface area contributed by atoms with Crippen LogP contribution in [-0.2, 0) is 74.9 Å². The van der Waals surface area contributed by atoms with Crippen molar-refractivity contribution in [2.75, 3.05) is 6.61 Å². The minimum Gasteiger partial charge on any atom is -0.609 e. The summed E-state index contributed by atoms with van der Waals surface area (Å²) in [5.41, 5.74) is 0. The van der Waals surface area contributed by atoms with Gasteiger partial charge in [0.2, 0.25) is 0 Å². The summed E-state index contributed by atoms with van der Waals surface area (Å²) in [6.45, 7) is 2.02. The van der Waals surface area contributed by atoms with Gasteiger partial charge in [-0.1, -0.05) is 0 Å². The van der Waals surface area contributed by atoms with Crippen LogP contribution in [-0.4, -0.2) is 12.8 Å². The molecule has 0 aliphatic carbocycles. The Morgan fingerprint density at radius 2 is 2.00 bits per heavy atom. The summed E-state index contributed by atoms with van der Waals surface area (Å²) in [6.07, 6.45) is -0.734. The van der Waals surface area contributed by atoms with E-state index in [4.69, 9.17) is 0 Å². The average Bonchev–Trinajstić information content (AvgIpc) is 1.68. The molecule has 0 saturated heterocycles. The maximum absolute atomic E-state index is 9.90. The van der Waals surface area contributed by atoms with Crippen LogP contribution in [0.15, 0.2) is 0 Å². The third-order valence-corrected chi connectivity index (χ3v) is 0.380. The third-order valence-electron chi connectivity index (χ3n) is 0.380. The molecular formula is C4H7O3Y2-. The van der Waals surface area contributed by atoms with Crippen molar-refractivity contribution in [2.45, 2.75) is 6.92 Å². The van der Waals surface area contributed by atoms with Crippen molar-refractivity contribution >= 4 is 6.16 Å². The first-order valence-corrected chi connectivity index (χ1v) is 1.90. The third kappa shape index (κ3) is 12.6. The second-order valence-electron chi connectivity index (χ2n) is 0.827. The number of carbonyl (C=O) groups excluding carboxylic acids is 1. The zero-order valence-electron chi connectivity index (χ0n) is 5.29. The van der Waals surface area contributed by atoms with E-state index in [1.165, 1.54) is 0 Å². The van der Waals surface area contributed by atoms with Crippen molar-refractivity contribution in [3.8, 4) is 0 Å². The average molecular weight is 281 g/mol. The van der Waals surface area contributed by atoms with Crippen LogP contribution in [0.4, 0.5) is 4.79 Å². The van der Waals surface area contributed by atoms with E-state index < -0.39 is 6.16 Å². The normalized spacial score (nSPS) is 6.00. The molecule has 0 bridgehead atoms. The van der Waals surface area contributed by atoms with E-state index in [0.29, 0.717) is 6.61 Å². The number of ether oxygens (including phenoxy) is 2. The van der Waals surface area contributed by atoms with Crippen LogP contribution in [0.1, 0.15) is 6.92 Å². The van der Waals surface area contributed by atoms with Crippen LogP contribution in [0.3, 0.4) is 0 Å². The molecule has 3 nitrogen and oxygen atoms in total. The maximum atomic E-state index is 9.90. The van der Waals surface area contributed by atoms with Gasteiger partial charge in [-0.2, -0.15) is 7.11 Å². The van der Waals surface area contributed by atoms with Gasteiger partial charge >= 0.3 is 6.16 Å². The van der Waals surface area contributed by atoms with Crippen LogP contribution in [0.25, 0.3) is 0 Å². The molecule has 0 aliphatic rings. The molecule has 0 fully saturated rings. The molecule has 0 aromatic heterocycles. The monoisotopic (exact) mass is 281 g/mol. The molecule has 0 atom stereocenters. The van der Waals surface area contributed by atoms with Crippen molar-refractivity contribution < 1.29 is 79.7 Å². The molecule has 0 rings (SSSR count). The molecule has 0 aromatic carbocycles. The summed E-state index contributed by atoms with van der Waals surface area (Å²) >= 11 is 0. The zero-order valence-corrected chi connectivity index (χ0v) is 11.0. The molecule has 0 unspecified atom stereocenters. The van der Waals surface area contributed by atoms with Crippen LogP contribution >= 0.6 is 0 Å². The van der Waals surface area contributed by atoms with Crippen LogP contribution in [0.5, 0.6) is 0 Å². The van der Waals surface area contributed by atoms with E-state index in [-0.39, 0.29) is 65.4 Å². The summed E-state index contributed by atoms with van der Waals surface area (Å²) in [7, 11) is 2.83. The standard InChI is InChI=1S/C4H7O3.2Y/c1-3-7-4(5)6-2;;/h2-3H2,1H3;;/q-1;;. The van der Waals surface area contributed by atoms with Gasteiger partial charge in [0.25, 0.3) is 0 Å². The van der Waals surface area contributed by atoms with Gasteiger partial charge in [0.05, 0.1) is 6.61 Å². The quantitative estimate of drug-likeness (QED) is 0.530. The Kier molecular flexibility index (Phi) is 22.8. The second kappa shape index (κ2) is 12.2. The van der Waals surface area contributed by atoms with E-state index in [9.17, 15) is 4.79 Å². The molecule has 0 spiro atoms. The minimum absolute atomic E-state index is 0. The molecule has 48 valence electrons. The molecular weight excluding hydrogens is 274 g/mol. The summed E-state index contributed by atoms with van der Waals surface area (Å²) < 4.78 is 8.15. The first-order chi connectivity index (χ1) is 3.31. The number of hydrogen-bond donors (Lipinski definition) is 0. The molecule has 0 heterocycles. The van der Waals surface area contributed by atoms with E-state index in [2.05, 4.69) is 16.6 Å². The fourth-order valence-electron chi connectivity index (χ4n) is 0.160. The maximum Gasteiger partial charge on any atom is 0.475 e. The molecule has 0 aromatic rings. The Morgan fingerprint density at radius 3 is 2.11 bits per heavy atom. The van der Waals surface area contributed by atoms with E-state index in [1.54, 1.807) is 6.92 Å². The molecule has 2 radical (unpaired) electrons. The van der Waals surface area contributed by atoms with Crippen LogP contribution in [0.2, 0.25) is 0 Å². The zero-order chi connectivity index (χ0) is 5.70. The Morgan fingerprint density at radius 1 is 1.56 bits per heavy atom. The van der Waals surface area contributed by atoms with Gasteiger partial charge in [-0.15, -0.1) is 0 Å². The molecule has 9 heavy (non-hydrogen) atoms. The van der Waals surface area contributed by atoms with Gasteiger partial charge in [-0.3, -0.25) is 0 Å². The van der Waals surface area contributed by atoms with Gasteiger partial charge in [-0.05, 0) is 6.92 Å². The summed E-state index contributed by atoms with van der Waals surface area (Å²) in [5, 5.41) is 0. The molecule has 0 N–H and O–H groups in total. The molecule has 0 amide bonds. The van der Waals surface area contributed by atoms with E-state index >= 15 is 0 Å². The SMILES string of the molecule is [CH2-]OC(=O)OCC.[Y].[Y]. The first kappa shape index (κ1) is 16.8. The van der Waals surface area contributed by atoms with Crippen molar-refractivity contribution in [3.63, 3.8) is 0 Å². The Bertz CT molecular complexity index is 66.8. The Hall–Kier alpha value is 1.48. The van der Waals surface area contributed by atoms with Crippen molar-refractivity contribution in [1.82, 2.24) is 0 Å². The van der Waals surface area contributed by atoms with Crippen LogP contribution < -0.4 is 0 Å². The van der Waals surface area contributed by atoms with Crippen molar-refractivity contribution in [2.24, 2.45) is 0 Å². The van der Waals surface area contributed by atoms with Gasteiger partial charge in [0.1, 0.15) is 0 Å². The van der Waals surface area contributed by atoms with E-state index in [0.717, 1.165) is 0 Å². The summed E-state index contributed by atoms with van der Waals surface area (Å²) in [4.78, 5) is 9.90. The predicted molar refractivity (Wildman–Crippen MR) is 23.5 cm³/mol. The first-order valence-electron chi connectivity index (χ1n) is 1.90. The smallest absolute Gasteiger partial charge is 0.475 e. The fourth-order valence-corrected chi connectivity index (χ4v) is 0.160. The fraction of sp³-hybridized carbons (Fsp3) is 0.500. The predicted octanol–water partition coefficient (Wildman–Crippen LogP) is 0.946.